The van der Waals surface area contributed by atoms with Gasteiger partial charge in [-0.25, -0.2) is 8.78 Å². The SMILES string of the molecule is CC1(C)OB(C(=Cc2c(N)ccc(F)c2F)CO)OC1(C)C. The summed E-state index contributed by atoms with van der Waals surface area (Å²) in [7, 11) is -0.850. The molecule has 0 atom stereocenters. The lowest BCUT2D eigenvalue weighted by atomic mass is 9.77. The minimum Gasteiger partial charge on any atom is -0.400 e. The number of nitrogens with two attached hydrogens (primary N) is 1. The Hall–Kier alpha value is -1.44. The number of aliphatic hydroxyl groups is 1. The fourth-order valence-electron chi connectivity index (χ4n) is 2.10. The third-order valence-corrected chi connectivity index (χ3v) is 4.23. The summed E-state index contributed by atoms with van der Waals surface area (Å²) in [4.78, 5) is 0. The molecule has 0 unspecified atom stereocenters. The molecule has 7 heteroatoms. The first-order chi connectivity index (χ1) is 10.1. The average molecular weight is 311 g/mol. The second-order valence-electron chi connectivity index (χ2n) is 6.33. The van der Waals surface area contributed by atoms with E-state index in [9.17, 15) is 13.9 Å². The summed E-state index contributed by atoms with van der Waals surface area (Å²) in [5.74, 6) is -2.07. The maximum absolute atomic E-state index is 13.9. The average Bonchev–Trinajstić information content (AvgIpc) is 2.63. The third kappa shape index (κ3) is 2.88. The molecular formula is C15H20BF2NO3. The Morgan fingerprint density at radius 1 is 1.23 bits per heavy atom. The maximum Gasteiger partial charge on any atom is 0.492 e. The zero-order chi connectivity index (χ0) is 16.7. The zero-order valence-corrected chi connectivity index (χ0v) is 13.1. The van der Waals surface area contributed by atoms with Gasteiger partial charge in [-0.3, -0.25) is 0 Å². The van der Waals surface area contributed by atoms with Crippen LogP contribution in [-0.4, -0.2) is 30.0 Å². The zero-order valence-electron chi connectivity index (χ0n) is 13.1. The molecule has 2 rings (SSSR count). The number of hydrogen-bond donors (Lipinski definition) is 2. The Bertz CT molecular complexity index is 601. The van der Waals surface area contributed by atoms with Gasteiger partial charge in [-0.2, -0.15) is 0 Å². The van der Waals surface area contributed by atoms with Crippen molar-refractivity contribution in [2.45, 2.75) is 38.9 Å². The lowest BCUT2D eigenvalue weighted by Crippen LogP contribution is -2.41. The smallest absolute Gasteiger partial charge is 0.400 e. The summed E-state index contributed by atoms with van der Waals surface area (Å²) in [6.45, 7) is 7.02. The van der Waals surface area contributed by atoms with E-state index in [1.54, 1.807) is 0 Å². The number of hydrogen-bond acceptors (Lipinski definition) is 4. The molecule has 3 N–H and O–H groups in total. The van der Waals surface area contributed by atoms with Crippen molar-refractivity contribution in [3.8, 4) is 0 Å². The second kappa shape index (κ2) is 5.64. The quantitative estimate of drug-likeness (QED) is 0.665. The van der Waals surface area contributed by atoms with Crippen molar-refractivity contribution in [3.63, 3.8) is 0 Å². The van der Waals surface area contributed by atoms with E-state index in [1.165, 1.54) is 12.1 Å². The number of benzene rings is 1. The van der Waals surface area contributed by atoms with E-state index in [1.807, 2.05) is 27.7 Å². The van der Waals surface area contributed by atoms with Crippen LogP contribution in [0.3, 0.4) is 0 Å². The van der Waals surface area contributed by atoms with Crippen LogP contribution in [0.5, 0.6) is 0 Å². The molecule has 1 aromatic rings. The Balaban J connectivity index is 2.40. The third-order valence-electron chi connectivity index (χ3n) is 4.23. The molecule has 0 aliphatic carbocycles. The molecule has 120 valence electrons. The van der Waals surface area contributed by atoms with Crippen LogP contribution in [0.25, 0.3) is 6.08 Å². The van der Waals surface area contributed by atoms with Gasteiger partial charge in [0.05, 0.1) is 17.8 Å². The van der Waals surface area contributed by atoms with Gasteiger partial charge >= 0.3 is 7.12 Å². The molecule has 0 radical (unpaired) electrons. The van der Waals surface area contributed by atoms with Crippen LogP contribution in [0.4, 0.5) is 14.5 Å². The molecule has 0 spiro atoms. The molecule has 0 bridgehead atoms. The van der Waals surface area contributed by atoms with Crippen molar-refractivity contribution in [2.24, 2.45) is 0 Å². The molecule has 1 saturated heterocycles. The summed E-state index contributed by atoms with van der Waals surface area (Å²) >= 11 is 0. The molecule has 1 fully saturated rings. The van der Waals surface area contributed by atoms with E-state index in [2.05, 4.69) is 0 Å². The normalized spacial score (nSPS) is 20.5. The van der Waals surface area contributed by atoms with Gasteiger partial charge in [-0.15, -0.1) is 0 Å². The van der Waals surface area contributed by atoms with E-state index in [0.717, 1.165) is 6.07 Å². The van der Waals surface area contributed by atoms with Crippen LogP contribution in [0, 0.1) is 11.6 Å². The summed E-state index contributed by atoms with van der Waals surface area (Å²) < 4.78 is 38.8. The molecule has 0 aromatic heterocycles. The monoisotopic (exact) mass is 311 g/mol. The Morgan fingerprint density at radius 2 is 1.77 bits per heavy atom. The molecule has 1 aromatic carbocycles. The topological polar surface area (TPSA) is 64.7 Å². The van der Waals surface area contributed by atoms with Crippen LogP contribution < -0.4 is 5.73 Å². The van der Waals surface area contributed by atoms with Gasteiger partial charge in [-0.05, 0) is 45.3 Å². The Morgan fingerprint density at radius 3 is 2.27 bits per heavy atom. The number of aliphatic hydroxyl groups excluding tert-OH is 1. The van der Waals surface area contributed by atoms with Gasteiger partial charge in [-0.1, -0.05) is 6.08 Å². The Labute approximate surface area is 129 Å². The van der Waals surface area contributed by atoms with Gasteiger partial charge in [0, 0.05) is 11.3 Å². The van der Waals surface area contributed by atoms with Crippen molar-refractivity contribution < 1.29 is 23.2 Å². The van der Waals surface area contributed by atoms with E-state index in [-0.39, 0.29) is 16.7 Å². The molecule has 1 heterocycles. The fraction of sp³-hybridized carbons (Fsp3) is 0.467. The highest BCUT2D eigenvalue weighted by Crippen LogP contribution is 2.39. The standard InChI is InChI=1S/C15H20BF2NO3/c1-14(2)15(3,4)22-16(21-14)9(8-20)7-10-12(19)6-5-11(17)13(10)18/h5-7,20H,8,19H2,1-4H3. The van der Waals surface area contributed by atoms with Gasteiger partial charge in [0.25, 0.3) is 0 Å². The summed E-state index contributed by atoms with van der Waals surface area (Å²) in [5, 5.41) is 9.55. The lowest BCUT2D eigenvalue weighted by molar-refractivity contribution is 0.00578. The fourth-order valence-corrected chi connectivity index (χ4v) is 2.10. The predicted molar refractivity (Wildman–Crippen MR) is 81.9 cm³/mol. The van der Waals surface area contributed by atoms with Crippen molar-refractivity contribution in [2.75, 3.05) is 12.3 Å². The van der Waals surface area contributed by atoms with Crippen molar-refractivity contribution in [1.82, 2.24) is 0 Å². The highest BCUT2D eigenvalue weighted by molar-refractivity contribution is 6.55. The second-order valence-corrected chi connectivity index (χ2v) is 6.33. The van der Waals surface area contributed by atoms with Gasteiger partial charge in [0.1, 0.15) is 0 Å². The summed E-state index contributed by atoms with van der Waals surface area (Å²) in [5.41, 5.74) is 4.70. The van der Waals surface area contributed by atoms with Crippen LogP contribution in [0.1, 0.15) is 33.3 Å². The highest BCUT2D eigenvalue weighted by Gasteiger charge is 2.52. The van der Waals surface area contributed by atoms with Crippen molar-refractivity contribution >= 4 is 18.9 Å². The van der Waals surface area contributed by atoms with Crippen molar-refractivity contribution in [3.05, 3.63) is 34.8 Å². The molecule has 0 saturated carbocycles. The van der Waals surface area contributed by atoms with Gasteiger partial charge < -0.3 is 20.1 Å². The summed E-state index contributed by atoms with van der Waals surface area (Å²) in [6, 6.07) is 2.22. The molecule has 1 aliphatic rings. The minimum absolute atomic E-state index is 0.0707. The van der Waals surface area contributed by atoms with E-state index >= 15 is 0 Å². The first kappa shape index (κ1) is 16.9. The Kier molecular flexibility index (Phi) is 4.34. The van der Waals surface area contributed by atoms with E-state index in [4.69, 9.17) is 15.0 Å². The van der Waals surface area contributed by atoms with Crippen molar-refractivity contribution in [1.29, 1.82) is 0 Å². The number of halogens is 2. The summed E-state index contributed by atoms with van der Waals surface area (Å²) in [6.07, 6.45) is 1.27. The molecule has 22 heavy (non-hydrogen) atoms. The number of anilines is 1. The largest absolute Gasteiger partial charge is 0.492 e. The minimum atomic E-state index is -1.07. The number of nitrogen functional groups attached to an aromatic ring is 1. The van der Waals surface area contributed by atoms with Gasteiger partial charge in [0.2, 0.25) is 0 Å². The molecule has 1 aliphatic heterocycles. The highest BCUT2D eigenvalue weighted by atomic mass is 19.2. The lowest BCUT2D eigenvalue weighted by Gasteiger charge is -2.32. The van der Waals surface area contributed by atoms with Crippen LogP contribution in [0.2, 0.25) is 0 Å². The molecule has 4 nitrogen and oxygen atoms in total. The number of rotatable bonds is 3. The molecular weight excluding hydrogens is 291 g/mol. The van der Waals surface area contributed by atoms with Crippen LogP contribution in [-0.2, 0) is 9.31 Å². The first-order valence-electron chi connectivity index (χ1n) is 6.99. The van der Waals surface area contributed by atoms with E-state index < -0.39 is 36.6 Å². The predicted octanol–water partition coefficient (Wildman–Crippen LogP) is 2.55. The first-order valence-corrected chi connectivity index (χ1v) is 6.99. The molecule has 0 amide bonds. The van der Waals surface area contributed by atoms with Crippen LogP contribution in [0.15, 0.2) is 17.6 Å². The van der Waals surface area contributed by atoms with Crippen LogP contribution >= 0.6 is 0 Å². The van der Waals surface area contributed by atoms with E-state index in [0.29, 0.717) is 0 Å². The van der Waals surface area contributed by atoms with Gasteiger partial charge in [0.15, 0.2) is 11.6 Å². The maximum atomic E-state index is 13.9.